The first-order valence-electron chi connectivity index (χ1n) is 35.3. The third-order valence-corrected chi connectivity index (χ3v) is 14.7. The van der Waals surface area contributed by atoms with Gasteiger partial charge in [-0.2, -0.15) is 0 Å². The third kappa shape index (κ3) is 71.5. The van der Waals surface area contributed by atoms with E-state index < -0.39 is 6.10 Å². The largest absolute Gasteiger partial charge is 0.462 e. The zero-order chi connectivity index (χ0) is 61.9. The van der Waals surface area contributed by atoms with E-state index in [2.05, 4.69) is 196 Å². The first-order chi connectivity index (χ1) is 42.6. The highest BCUT2D eigenvalue weighted by Gasteiger charge is 2.16. The van der Waals surface area contributed by atoms with Crippen molar-refractivity contribution in [2.45, 2.75) is 302 Å². The lowest BCUT2D eigenvalue weighted by Crippen LogP contribution is -2.28. The maximum Gasteiger partial charge on any atom is 0.306 e. The predicted octanol–water partition coefficient (Wildman–Crippen LogP) is 25.0. The minimum absolute atomic E-state index is 0.0787. The van der Waals surface area contributed by atoms with E-state index in [1.165, 1.54) is 128 Å². The molecule has 0 bridgehead atoms. The van der Waals surface area contributed by atoms with Crippen molar-refractivity contribution in [2.24, 2.45) is 0 Å². The zero-order valence-corrected chi connectivity index (χ0v) is 55.5. The Hall–Kier alpha value is -5.00. The van der Waals surface area contributed by atoms with Gasteiger partial charge in [0.2, 0.25) is 0 Å². The van der Waals surface area contributed by atoms with Crippen LogP contribution in [0.5, 0.6) is 0 Å². The minimum atomic E-state index is -0.792. The maximum atomic E-state index is 12.4. The van der Waals surface area contributed by atoms with Gasteiger partial charge in [0.15, 0.2) is 6.10 Å². The molecule has 5 heteroatoms. The average Bonchev–Trinajstić information content (AvgIpc) is 3.55. The first kappa shape index (κ1) is 81.0. The molecule has 0 spiro atoms. The summed E-state index contributed by atoms with van der Waals surface area (Å²) in [5, 5.41) is 9.71. The second-order valence-corrected chi connectivity index (χ2v) is 22.8. The van der Waals surface area contributed by atoms with Gasteiger partial charge in [-0.25, -0.2) is 0 Å². The number of hydrogen-bond acceptors (Lipinski definition) is 5. The number of rotatable bonds is 63. The van der Waals surface area contributed by atoms with Gasteiger partial charge in [0.25, 0.3) is 0 Å². The van der Waals surface area contributed by atoms with Gasteiger partial charge in [-0.05, 0) is 135 Å². The third-order valence-electron chi connectivity index (χ3n) is 14.7. The Bertz CT molecular complexity index is 1920. The molecule has 0 aliphatic rings. The van der Waals surface area contributed by atoms with Crippen molar-refractivity contribution in [3.05, 3.63) is 182 Å². The highest BCUT2D eigenvalue weighted by molar-refractivity contribution is 5.70. The van der Waals surface area contributed by atoms with Crippen LogP contribution in [0.15, 0.2) is 182 Å². The highest BCUT2D eigenvalue weighted by atomic mass is 16.6. The van der Waals surface area contributed by atoms with Crippen molar-refractivity contribution in [2.75, 3.05) is 13.2 Å². The summed E-state index contributed by atoms with van der Waals surface area (Å²) in [6.07, 6.45) is 116. The summed E-state index contributed by atoms with van der Waals surface area (Å²) < 4.78 is 10.8. The van der Waals surface area contributed by atoms with E-state index in [0.717, 1.165) is 141 Å². The Balaban J connectivity index is 3.55. The summed E-state index contributed by atoms with van der Waals surface area (Å²) in [7, 11) is 0. The summed E-state index contributed by atoms with van der Waals surface area (Å²) in [6, 6.07) is 0. The standard InChI is InChI=1S/C81H130O5/c1-3-5-7-9-11-13-15-17-19-21-23-25-27-29-31-33-35-37-39-40-42-43-45-47-49-51-53-55-57-59-61-63-65-67-69-71-73-75-80(83)85-78-79(77-82)86-81(84)76-74-72-70-68-66-64-62-60-58-56-54-52-50-48-46-44-41-38-36-34-32-30-28-26-24-22-20-18-16-14-12-10-8-6-4-2/h5-8,11-14,17-20,23-26,29-32,35-38,44,46,50,52,56,58,79,82H,3-4,9-10,15-16,21-22,27-28,33-34,39-43,45,47-49,51,53-55,57,59-78H2,1-2H3/b7-5-,8-6-,13-11-,14-12-,19-17-,20-18-,25-23-,26-24-,31-29-,32-30-,37-35-,38-36-,46-44-,52-50-,58-56-. The van der Waals surface area contributed by atoms with Crippen LogP contribution >= 0.6 is 0 Å². The van der Waals surface area contributed by atoms with Crippen LogP contribution in [0.2, 0.25) is 0 Å². The van der Waals surface area contributed by atoms with Crippen molar-refractivity contribution >= 4 is 11.9 Å². The number of aliphatic hydroxyl groups excluding tert-OH is 1. The molecule has 0 rings (SSSR count). The predicted molar refractivity (Wildman–Crippen MR) is 380 cm³/mol. The number of esters is 2. The molecule has 1 N–H and O–H groups in total. The Morgan fingerprint density at radius 2 is 0.465 bits per heavy atom. The number of allylic oxidation sites excluding steroid dienone is 30. The molecule has 484 valence electrons. The summed E-state index contributed by atoms with van der Waals surface area (Å²) in [4.78, 5) is 24.7. The number of hydrogen-bond donors (Lipinski definition) is 1. The Morgan fingerprint density at radius 1 is 0.267 bits per heavy atom. The number of carbonyl (C=O) groups excluding carboxylic acids is 2. The average molecular weight is 1180 g/mol. The maximum absolute atomic E-state index is 12.4. The molecule has 5 nitrogen and oxygen atoms in total. The SMILES string of the molecule is CC/C=C\C/C=C\C/C=C\C/C=C\C/C=C\C/C=C\C/C=C\C/C=C\C/C=C\CCCCCCCCCC(=O)OC(CO)COC(=O)CCCCCCCCCCCCCCCCCCCC/C=C\C/C=C\C/C=C\C/C=C\C/C=C\C/C=C\CC. The van der Waals surface area contributed by atoms with Crippen LogP contribution in [-0.2, 0) is 19.1 Å². The van der Waals surface area contributed by atoms with Crippen molar-refractivity contribution in [3.63, 3.8) is 0 Å². The summed E-state index contributed by atoms with van der Waals surface area (Å²) in [5.41, 5.74) is 0. The van der Waals surface area contributed by atoms with Crippen LogP contribution in [0.1, 0.15) is 296 Å². The second-order valence-electron chi connectivity index (χ2n) is 22.8. The molecule has 0 amide bonds. The monoisotopic (exact) mass is 1180 g/mol. The van der Waals surface area contributed by atoms with Gasteiger partial charge in [-0.15, -0.1) is 0 Å². The van der Waals surface area contributed by atoms with Crippen LogP contribution < -0.4 is 0 Å². The lowest BCUT2D eigenvalue weighted by atomic mass is 10.0. The fraction of sp³-hybridized carbons (Fsp3) is 0.605. The quantitative estimate of drug-likeness (QED) is 0.0373. The van der Waals surface area contributed by atoms with Crippen molar-refractivity contribution in [3.8, 4) is 0 Å². The van der Waals surface area contributed by atoms with E-state index in [1.54, 1.807) is 0 Å². The normalized spacial score (nSPS) is 13.4. The summed E-state index contributed by atoms with van der Waals surface area (Å²) in [6.45, 7) is 3.91. The molecule has 0 aromatic rings. The van der Waals surface area contributed by atoms with Gasteiger partial charge in [-0.1, -0.05) is 331 Å². The molecule has 0 saturated carbocycles. The van der Waals surface area contributed by atoms with Crippen molar-refractivity contribution in [1.82, 2.24) is 0 Å². The first-order valence-corrected chi connectivity index (χ1v) is 35.3. The van der Waals surface area contributed by atoms with Gasteiger partial charge in [0.1, 0.15) is 6.61 Å². The van der Waals surface area contributed by atoms with Gasteiger partial charge in [-0.3, -0.25) is 9.59 Å². The molecular formula is C81H130O5. The smallest absolute Gasteiger partial charge is 0.306 e. The van der Waals surface area contributed by atoms with E-state index in [1.807, 2.05) is 0 Å². The molecule has 0 heterocycles. The van der Waals surface area contributed by atoms with E-state index in [4.69, 9.17) is 9.47 Å². The van der Waals surface area contributed by atoms with Crippen LogP contribution in [0, 0.1) is 0 Å². The van der Waals surface area contributed by atoms with Crippen molar-refractivity contribution < 1.29 is 24.2 Å². The van der Waals surface area contributed by atoms with E-state index >= 15 is 0 Å². The van der Waals surface area contributed by atoms with Gasteiger partial charge in [0, 0.05) is 12.8 Å². The summed E-state index contributed by atoms with van der Waals surface area (Å²) >= 11 is 0. The topological polar surface area (TPSA) is 72.8 Å². The molecule has 0 aromatic heterocycles. The zero-order valence-electron chi connectivity index (χ0n) is 55.5. The Labute approximate surface area is 531 Å². The molecule has 0 radical (unpaired) electrons. The van der Waals surface area contributed by atoms with Gasteiger partial charge in [0.05, 0.1) is 6.61 Å². The Morgan fingerprint density at radius 3 is 0.698 bits per heavy atom. The van der Waals surface area contributed by atoms with E-state index in [0.29, 0.717) is 12.8 Å². The highest BCUT2D eigenvalue weighted by Crippen LogP contribution is 2.16. The molecule has 1 unspecified atom stereocenters. The fourth-order valence-electron chi connectivity index (χ4n) is 9.49. The van der Waals surface area contributed by atoms with Crippen LogP contribution in [0.4, 0.5) is 0 Å². The van der Waals surface area contributed by atoms with Crippen LogP contribution in [-0.4, -0.2) is 36.4 Å². The van der Waals surface area contributed by atoms with Gasteiger partial charge >= 0.3 is 11.9 Å². The van der Waals surface area contributed by atoms with E-state index in [9.17, 15) is 14.7 Å². The number of unbranched alkanes of at least 4 members (excludes halogenated alkanes) is 25. The summed E-state index contributed by atoms with van der Waals surface area (Å²) in [5.74, 6) is -0.606. The molecule has 0 saturated heterocycles. The van der Waals surface area contributed by atoms with E-state index in [-0.39, 0.29) is 25.2 Å². The number of carbonyl (C=O) groups is 2. The fourth-order valence-corrected chi connectivity index (χ4v) is 9.49. The number of aliphatic hydroxyl groups is 1. The van der Waals surface area contributed by atoms with Crippen LogP contribution in [0.25, 0.3) is 0 Å². The molecule has 0 fully saturated rings. The molecule has 1 atom stereocenters. The van der Waals surface area contributed by atoms with Gasteiger partial charge < -0.3 is 14.6 Å². The van der Waals surface area contributed by atoms with Crippen molar-refractivity contribution in [1.29, 1.82) is 0 Å². The Kier molecular flexibility index (Phi) is 69.9. The lowest BCUT2D eigenvalue weighted by Gasteiger charge is -2.15. The molecule has 0 aliphatic carbocycles. The molecule has 0 aromatic carbocycles. The minimum Gasteiger partial charge on any atom is -0.462 e. The number of ether oxygens (including phenoxy) is 2. The lowest BCUT2D eigenvalue weighted by molar-refractivity contribution is -0.161. The second kappa shape index (κ2) is 74.3. The molecule has 0 aliphatic heterocycles. The van der Waals surface area contributed by atoms with Crippen LogP contribution in [0.3, 0.4) is 0 Å². The molecule has 86 heavy (non-hydrogen) atoms. The molecular weight excluding hydrogens is 1050 g/mol.